The molecule has 0 radical (unpaired) electrons. The predicted octanol–water partition coefficient (Wildman–Crippen LogP) is 2.62. The molecule has 0 amide bonds. The number of benzene rings is 1. The minimum atomic E-state index is -0.322. The van der Waals surface area contributed by atoms with Gasteiger partial charge in [0.15, 0.2) is 0 Å². The fourth-order valence-electron chi connectivity index (χ4n) is 1.66. The number of rotatable bonds is 4. The monoisotopic (exact) mass is 247 g/mol. The lowest BCUT2D eigenvalue weighted by Crippen LogP contribution is -2.34. The van der Waals surface area contributed by atoms with Gasteiger partial charge < -0.3 is 10.8 Å². The molecular formula is C14H17NOS. The van der Waals surface area contributed by atoms with Crippen LogP contribution in [0, 0.1) is 0 Å². The summed E-state index contributed by atoms with van der Waals surface area (Å²) in [5.41, 5.74) is 6.63. The molecule has 1 aromatic carbocycles. The van der Waals surface area contributed by atoms with Crippen LogP contribution in [0.4, 0.5) is 0 Å². The van der Waals surface area contributed by atoms with Crippen LogP contribution in [0.5, 0.6) is 0 Å². The SMILES string of the molecule is CC(CN)(CO)c1ccc(-c2ccccc2)s1. The second-order valence-electron chi connectivity index (χ2n) is 4.45. The van der Waals surface area contributed by atoms with Gasteiger partial charge in [-0.25, -0.2) is 0 Å². The minimum absolute atomic E-state index is 0.0816. The summed E-state index contributed by atoms with van der Waals surface area (Å²) in [6, 6.07) is 14.4. The Morgan fingerprint density at radius 2 is 1.88 bits per heavy atom. The van der Waals surface area contributed by atoms with Crippen molar-refractivity contribution < 1.29 is 5.11 Å². The molecule has 0 fully saturated rings. The van der Waals surface area contributed by atoms with Crippen molar-refractivity contribution in [2.24, 2.45) is 5.73 Å². The fraction of sp³-hybridized carbons (Fsp3) is 0.286. The maximum Gasteiger partial charge on any atom is 0.0545 e. The first kappa shape index (κ1) is 12.3. The fourth-order valence-corrected chi connectivity index (χ4v) is 2.82. The molecule has 0 spiro atoms. The predicted molar refractivity (Wildman–Crippen MR) is 73.2 cm³/mol. The van der Waals surface area contributed by atoms with Crippen molar-refractivity contribution in [2.45, 2.75) is 12.3 Å². The van der Waals surface area contributed by atoms with E-state index in [0.717, 1.165) is 4.88 Å². The molecule has 2 rings (SSSR count). The van der Waals surface area contributed by atoms with Gasteiger partial charge in [-0.3, -0.25) is 0 Å². The van der Waals surface area contributed by atoms with Gasteiger partial charge in [0.05, 0.1) is 6.61 Å². The molecule has 1 aromatic heterocycles. The highest BCUT2D eigenvalue weighted by Crippen LogP contribution is 2.34. The van der Waals surface area contributed by atoms with Crippen molar-refractivity contribution in [2.75, 3.05) is 13.2 Å². The van der Waals surface area contributed by atoms with Gasteiger partial charge in [-0.15, -0.1) is 11.3 Å². The molecule has 2 aromatic rings. The molecule has 0 saturated heterocycles. The molecule has 1 unspecified atom stereocenters. The van der Waals surface area contributed by atoms with Gasteiger partial charge >= 0.3 is 0 Å². The third kappa shape index (κ3) is 2.41. The van der Waals surface area contributed by atoms with E-state index in [1.165, 1.54) is 10.4 Å². The van der Waals surface area contributed by atoms with Crippen LogP contribution < -0.4 is 5.73 Å². The van der Waals surface area contributed by atoms with E-state index in [-0.39, 0.29) is 12.0 Å². The van der Waals surface area contributed by atoms with Gasteiger partial charge in [-0.2, -0.15) is 0 Å². The van der Waals surface area contributed by atoms with E-state index in [9.17, 15) is 5.11 Å². The van der Waals surface area contributed by atoms with Crippen LogP contribution in [0.1, 0.15) is 11.8 Å². The van der Waals surface area contributed by atoms with Crippen molar-refractivity contribution in [1.82, 2.24) is 0 Å². The summed E-state index contributed by atoms with van der Waals surface area (Å²) >= 11 is 1.70. The molecule has 1 atom stereocenters. The normalized spacial score (nSPS) is 14.5. The molecule has 0 aliphatic heterocycles. The van der Waals surface area contributed by atoms with E-state index in [1.807, 2.05) is 25.1 Å². The topological polar surface area (TPSA) is 46.2 Å². The Labute approximate surface area is 106 Å². The summed E-state index contributed by atoms with van der Waals surface area (Å²) in [7, 11) is 0. The zero-order valence-corrected chi connectivity index (χ0v) is 10.7. The van der Waals surface area contributed by atoms with Gasteiger partial charge in [0, 0.05) is 21.7 Å². The van der Waals surface area contributed by atoms with Crippen LogP contribution >= 0.6 is 11.3 Å². The van der Waals surface area contributed by atoms with Crippen molar-refractivity contribution >= 4 is 11.3 Å². The van der Waals surface area contributed by atoms with Gasteiger partial charge in [-0.1, -0.05) is 37.3 Å². The number of hydrogen-bond donors (Lipinski definition) is 2. The lowest BCUT2D eigenvalue weighted by atomic mass is 9.90. The molecule has 1 heterocycles. The molecule has 17 heavy (non-hydrogen) atoms. The lowest BCUT2D eigenvalue weighted by Gasteiger charge is -2.23. The maximum atomic E-state index is 9.45. The lowest BCUT2D eigenvalue weighted by molar-refractivity contribution is 0.213. The molecule has 2 nitrogen and oxygen atoms in total. The van der Waals surface area contributed by atoms with Gasteiger partial charge in [-0.05, 0) is 17.7 Å². The van der Waals surface area contributed by atoms with Gasteiger partial charge in [0.1, 0.15) is 0 Å². The van der Waals surface area contributed by atoms with E-state index in [1.54, 1.807) is 11.3 Å². The van der Waals surface area contributed by atoms with Crippen LogP contribution in [0.3, 0.4) is 0 Å². The van der Waals surface area contributed by atoms with Crippen LogP contribution in [0.15, 0.2) is 42.5 Å². The summed E-state index contributed by atoms with van der Waals surface area (Å²) in [5.74, 6) is 0. The third-order valence-electron chi connectivity index (χ3n) is 3.06. The van der Waals surface area contributed by atoms with E-state index in [4.69, 9.17) is 5.73 Å². The zero-order valence-electron chi connectivity index (χ0n) is 9.89. The van der Waals surface area contributed by atoms with Crippen LogP contribution in [0.25, 0.3) is 10.4 Å². The molecule has 0 aliphatic rings. The van der Waals surface area contributed by atoms with Crippen LogP contribution in [0.2, 0.25) is 0 Å². The second-order valence-corrected chi connectivity index (χ2v) is 5.54. The number of aliphatic hydroxyl groups is 1. The summed E-state index contributed by atoms with van der Waals surface area (Å²) in [5, 5.41) is 9.45. The molecule has 0 bridgehead atoms. The Bertz CT molecular complexity index is 474. The highest BCUT2D eigenvalue weighted by Gasteiger charge is 2.25. The zero-order chi connectivity index (χ0) is 12.3. The molecule has 0 saturated carbocycles. The highest BCUT2D eigenvalue weighted by molar-refractivity contribution is 7.15. The van der Waals surface area contributed by atoms with Crippen LogP contribution in [-0.2, 0) is 5.41 Å². The highest BCUT2D eigenvalue weighted by atomic mass is 32.1. The average Bonchev–Trinajstić information content (AvgIpc) is 2.89. The Balaban J connectivity index is 2.34. The summed E-state index contributed by atoms with van der Waals surface area (Å²) in [4.78, 5) is 2.36. The largest absolute Gasteiger partial charge is 0.395 e. The first-order valence-electron chi connectivity index (χ1n) is 5.66. The second kappa shape index (κ2) is 5.00. The molecule has 3 N–H and O–H groups in total. The van der Waals surface area contributed by atoms with E-state index in [0.29, 0.717) is 6.54 Å². The van der Waals surface area contributed by atoms with Gasteiger partial charge in [0.2, 0.25) is 0 Å². The Morgan fingerprint density at radius 3 is 2.47 bits per heavy atom. The summed E-state index contributed by atoms with van der Waals surface area (Å²) < 4.78 is 0. The Morgan fingerprint density at radius 1 is 1.18 bits per heavy atom. The molecular weight excluding hydrogens is 230 g/mol. The van der Waals surface area contributed by atoms with Crippen molar-refractivity contribution in [3.05, 3.63) is 47.3 Å². The molecule has 90 valence electrons. The molecule has 0 aliphatic carbocycles. The molecule has 3 heteroatoms. The number of hydrogen-bond acceptors (Lipinski definition) is 3. The van der Waals surface area contributed by atoms with E-state index < -0.39 is 0 Å². The minimum Gasteiger partial charge on any atom is -0.395 e. The third-order valence-corrected chi connectivity index (χ3v) is 4.50. The quantitative estimate of drug-likeness (QED) is 0.872. The number of aliphatic hydroxyl groups excluding tert-OH is 1. The maximum absolute atomic E-state index is 9.45. The standard InChI is InChI=1S/C14H17NOS/c1-14(9-15,10-16)13-8-7-12(17-13)11-5-3-2-4-6-11/h2-8,16H,9-10,15H2,1H3. The first-order valence-corrected chi connectivity index (χ1v) is 6.48. The Hall–Kier alpha value is -1.16. The van der Waals surface area contributed by atoms with Gasteiger partial charge in [0.25, 0.3) is 0 Å². The smallest absolute Gasteiger partial charge is 0.0545 e. The first-order chi connectivity index (χ1) is 8.19. The summed E-state index contributed by atoms with van der Waals surface area (Å²) in [6.07, 6.45) is 0. The van der Waals surface area contributed by atoms with Crippen LogP contribution in [-0.4, -0.2) is 18.3 Å². The number of thiophene rings is 1. The van der Waals surface area contributed by atoms with Crippen molar-refractivity contribution in [3.8, 4) is 10.4 Å². The Kier molecular flexibility index (Phi) is 3.62. The van der Waals surface area contributed by atoms with Crippen molar-refractivity contribution in [3.63, 3.8) is 0 Å². The number of nitrogens with two attached hydrogens (primary N) is 1. The summed E-state index contributed by atoms with van der Waals surface area (Å²) in [6.45, 7) is 2.53. The van der Waals surface area contributed by atoms with E-state index in [2.05, 4.69) is 24.3 Å². The van der Waals surface area contributed by atoms with E-state index >= 15 is 0 Å². The average molecular weight is 247 g/mol. The van der Waals surface area contributed by atoms with Crippen molar-refractivity contribution in [1.29, 1.82) is 0 Å².